The molecule has 3 aromatic rings. The van der Waals surface area contributed by atoms with Crippen molar-refractivity contribution in [2.75, 3.05) is 13.7 Å². The first-order valence-corrected chi connectivity index (χ1v) is 14.5. The van der Waals surface area contributed by atoms with Crippen molar-refractivity contribution in [2.24, 2.45) is 5.73 Å². The third-order valence-electron chi connectivity index (χ3n) is 7.74. The highest BCUT2D eigenvalue weighted by Crippen LogP contribution is 2.45. The molecular formula is C34H46N2O4. The van der Waals surface area contributed by atoms with Gasteiger partial charge < -0.3 is 25.6 Å². The third-order valence-corrected chi connectivity index (χ3v) is 7.74. The van der Waals surface area contributed by atoms with E-state index in [2.05, 4.69) is 6.92 Å². The van der Waals surface area contributed by atoms with Crippen molar-refractivity contribution < 1.29 is 19.7 Å². The lowest BCUT2D eigenvalue weighted by molar-refractivity contribution is -0.144. The first kappa shape index (κ1) is 31.3. The topological polar surface area (TPSA) is 96.0 Å². The van der Waals surface area contributed by atoms with Crippen molar-refractivity contribution in [3.8, 4) is 5.75 Å². The van der Waals surface area contributed by atoms with E-state index in [0.29, 0.717) is 12.2 Å². The van der Waals surface area contributed by atoms with Crippen LogP contribution in [0.25, 0.3) is 0 Å². The van der Waals surface area contributed by atoms with Crippen molar-refractivity contribution in [1.82, 2.24) is 4.90 Å². The Balaban J connectivity index is 2.17. The average Bonchev–Trinajstić information content (AvgIpc) is 2.99. The van der Waals surface area contributed by atoms with Gasteiger partial charge in [-0.2, -0.15) is 0 Å². The lowest BCUT2D eigenvalue weighted by Gasteiger charge is -2.49. The summed E-state index contributed by atoms with van der Waals surface area (Å²) in [5.74, 6) is 0.566. The van der Waals surface area contributed by atoms with Gasteiger partial charge >= 0.3 is 0 Å². The Morgan fingerprint density at radius 1 is 0.875 bits per heavy atom. The van der Waals surface area contributed by atoms with Crippen LogP contribution in [0.3, 0.4) is 0 Å². The summed E-state index contributed by atoms with van der Waals surface area (Å²) in [5, 5.41) is 21.6. The van der Waals surface area contributed by atoms with E-state index in [0.717, 1.165) is 48.8 Å². The van der Waals surface area contributed by atoms with Crippen LogP contribution in [0.2, 0.25) is 0 Å². The van der Waals surface area contributed by atoms with Gasteiger partial charge in [-0.25, -0.2) is 0 Å². The maximum Gasteiger partial charge on any atom is 0.224 e. The normalized spacial score (nSPS) is 13.8. The predicted octanol–water partition coefficient (Wildman–Crippen LogP) is 5.64. The third kappa shape index (κ3) is 7.30. The molecule has 4 N–H and O–H groups in total. The molecule has 0 aliphatic heterocycles. The van der Waals surface area contributed by atoms with E-state index in [9.17, 15) is 15.0 Å². The molecule has 0 fully saturated rings. The van der Waals surface area contributed by atoms with E-state index in [-0.39, 0.29) is 25.0 Å². The highest BCUT2D eigenvalue weighted by atomic mass is 16.5. The summed E-state index contributed by atoms with van der Waals surface area (Å²) in [6.07, 6.45) is 4.92. The molecule has 0 saturated heterocycles. The van der Waals surface area contributed by atoms with Crippen LogP contribution < -0.4 is 10.5 Å². The standard InChI is InChI=1S/C34H46N2O4/c1-4-5-18-30(35)19-12-13-20-33(39)36(32(25-37)26(2)38)34(27-14-8-6-9-15-27,28-16-10-7-11-17-28)29-21-23-31(40-3)24-22-29/h6-11,14-17,21-24,26,30,32,37-38H,4-5,12-13,18-20,25,35H2,1-3H3/t26?,30?,32-/m0/s1. The van der Waals surface area contributed by atoms with E-state index in [1.807, 2.05) is 84.9 Å². The number of rotatable bonds is 16. The predicted molar refractivity (Wildman–Crippen MR) is 161 cm³/mol. The van der Waals surface area contributed by atoms with E-state index in [4.69, 9.17) is 10.5 Å². The second-order valence-corrected chi connectivity index (χ2v) is 10.6. The molecule has 0 spiro atoms. The van der Waals surface area contributed by atoms with Gasteiger partial charge in [-0.15, -0.1) is 0 Å². The van der Waals surface area contributed by atoms with Gasteiger partial charge in [0.15, 0.2) is 0 Å². The minimum Gasteiger partial charge on any atom is -0.497 e. The van der Waals surface area contributed by atoms with Gasteiger partial charge in [-0.05, 0) is 55.0 Å². The summed E-state index contributed by atoms with van der Waals surface area (Å²) in [6.45, 7) is 3.40. The minimum absolute atomic E-state index is 0.134. The maximum atomic E-state index is 14.4. The second kappa shape index (κ2) is 15.6. The fourth-order valence-corrected chi connectivity index (χ4v) is 5.59. The lowest BCUT2D eigenvalue weighted by atomic mass is 9.74. The highest BCUT2D eigenvalue weighted by molar-refractivity contribution is 5.80. The number of carbonyl (C=O) groups excluding carboxylic acids is 1. The number of aliphatic hydroxyl groups is 2. The van der Waals surface area contributed by atoms with E-state index < -0.39 is 17.7 Å². The Hall–Kier alpha value is -3.19. The molecule has 1 amide bonds. The van der Waals surface area contributed by atoms with Crippen molar-refractivity contribution in [2.45, 2.75) is 82.5 Å². The van der Waals surface area contributed by atoms with Gasteiger partial charge in [0, 0.05) is 12.5 Å². The quantitative estimate of drug-likeness (QED) is 0.160. The molecule has 2 unspecified atom stereocenters. The van der Waals surface area contributed by atoms with Crippen LogP contribution >= 0.6 is 0 Å². The zero-order valence-corrected chi connectivity index (χ0v) is 24.2. The summed E-state index contributed by atoms with van der Waals surface area (Å²) < 4.78 is 5.45. The second-order valence-electron chi connectivity index (χ2n) is 10.6. The molecule has 3 aromatic carbocycles. The number of benzene rings is 3. The molecule has 216 valence electrons. The molecule has 40 heavy (non-hydrogen) atoms. The van der Waals surface area contributed by atoms with Gasteiger partial charge in [0.05, 0.1) is 25.9 Å². The SMILES string of the molecule is CCCCC(N)CCCCC(=O)N([C@@H](CO)C(C)O)C(c1ccccc1)(c1ccccc1)c1ccc(OC)cc1. The highest BCUT2D eigenvalue weighted by Gasteiger charge is 2.48. The van der Waals surface area contributed by atoms with Gasteiger partial charge in [0.25, 0.3) is 0 Å². The summed E-state index contributed by atoms with van der Waals surface area (Å²) in [7, 11) is 1.62. The Labute approximate surface area is 239 Å². The van der Waals surface area contributed by atoms with Crippen molar-refractivity contribution in [3.05, 3.63) is 102 Å². The Morgan fingerprint density at radius 2 is 1.40 bits per heavy atom. The van der Waals surface area contributed by atoms with E-state index >= 15 is 0 Å². The van der Waals surface area contributed by atoms with Crippen LogP contribution in [-0.4, -0.2) is 52.9 Å². The number of unbranched alkanes of at least 4 members (excludes halogenated alkanes) is 2. The van der Waals surface area contributed by atoms with Crippen molar-refractivity contribution in [3.63, 3.8) is 0 Å². The molecule has 0 heterocycles. The Kier molecular flexibility index (Phi) is 12.2. The number of aliphatic hydroxyl groups excluding tert-OH is 2. The van der Waals surface area contributed by atoms with Crippen LogP contribution in [0.4, 0.5) is 0 Å². The van der Waals surface area contributed by atoms with Gasteiger partial charge in [0.1, 0.15) is 11.3 Å². The zero-order valence-electron chi connectivity index (χ0n) is 24.2. The number of methoxy groups -OCH3 is 1. The summed E-state index contributed by atoms with van der Waals surface area (Å²) in [4.78, 5) is 16.1. The first-order chi connectivity index (χ1) is 19.4. The molecular weight excluding hydrogens is 500 g/mol. The largest absolute Gasteiger partial charge is 0.497 e. The first-order valence-electron chi connectivity index (χ1n) is 14.5. The molecule has 0 radical (unpaired) electrons. The number of amides is 1. The number of nitrogens with zero attached hydrogens (tertiary/aromatic N) is 1. The molecule has 0 aliphatic rings. The zero-order chi connectivity index (χ0) is 29.0. The monoisotopic (exact) mass is 546 g/mol. The molecule has 0 aromatic heterocycles. The number of ether oxygens (including phenoxy) is 1. The van der Waals surface area contributed by atoms with Crippen LogP contribution in [0, 0.1) is 0 Å². The molecule has 0 aliphatic carbocycles. The average molecular weight is 547 g/mol. The molecule has 0 bridgehead atoms. The number of carbonyl (C=O) groups is 1. The minimum atomic E-state index is -1.12. The van der Waals surface area contributed by atoms with Gasteiger partial charge in [0.2, 0.25) is 5.91 Å². The number of nitrogens with two attached hydrogens (primary N) is 1. The number of hydrogen-bond acceptors (Lipinski definition) is 5. The van der Waals surface area contributed by atoms with Gasteiger partial charge in [-0.3, -0.25) is 4.79 Å². The Morgan fingerprint density at radius 3 is 1.88 bits per heavy atom. The van der Waals surface area contributed by atoms with E-state index in [1.54, 1.807) is 18.9 Å². The summed E-state index contributed by atoms with van der Waals surface area (Å²) >= 11 is 0. The van der Waals surface area contributed by atoms with Crippen molar-refractivity contribution >= 4 is 5.91 Å². The van der Waals surface area contributed by atoms with Crippen LogP contribution in [-0.2, 0) is 10.3 Å². The Bertz CT molecular complexity index is 1100. The molecule has 0 saturated carbocycles. The fraction of sp³-hybridized carbons (Fsp3) is 0.441. The van der Waals surface area contributed by atoms with Crippen LogP contribution in [0.15, 0.2) is 84.9 Å². The molecule has 6 heteroatoms. The fourth-order valence-electron chi connectivity index (χ4n) is 5.59. The van der Waals surface area contributed by atoms with Gasteiger partial charge in [-0.1, -0.05) is 99.0 Å². The van der Waals surface area contributed by atoms with E-state index in [1.165, 1.54) is 0 Å². The number of hydrogen-bond donors (Lipinski definition) is 3. The van der Waals surface area contributed by atoms with Crippen LogP contribution in [0.1, 0.15) is 75.5 Å². The summed E-state index contributed by atoms with van der Waals surface area (Å²) in [6, 6.07) is 26.7. The maximum absolute atomic E-state index is 14.4. The van der Waals surface area contributed by atoms with Crippen molar-refractivity contribution in [1.29, 1.82) is 0 Å². The smallest absolute Gasteiger partial charge is 0.224 e. The molecule has 3 atom stereocenters. The molecule has 6 nitrogen and oxygen atoms in total. The lowest BCUT2D eigenvalue weighted by Crippen LogP contribution is -2.60. The van der Waals surface area contributed by atoms with Crippen LogP contribution in [0.5, 0.6) is 5.75 Å². The molecule has 3 rings (SSSR count). The summed E-state index contributed by atoms with van der Waals surface area (Å²) in [5.41, 5.74) is 7.73.